The monoisotopic (exact) mass is 272 g/mol. The summed E-state index contributed by atoms with van der Waals surface area (Å²) in [5.41, 5.74) is 2.69. The maximum atomic E-state index is 5.52. The Bertz CT molecular complexity index is 593. The molecule has 1 aliphatic rings. The average molecular weight is 272 g/mol. The molecule has 5 nitrogen and oxygen atoms in total. The highest BCUT2D eigenvalue weighted by Gasteiger charge is 2.13. The standard InChI is InChI=1S/C15H20N4O/c1-11(15-17-10-18-19(15)2)16-7-5-12-3-4-14-13(9-12)6-8-20-14/h3-4,9-11,16H,5-8H2,1-2H3. The Kier molecular flexibility index (Phi) is 3.69. The average Bonchev–Trinajstić information content (AvgIpc) is 3.06. The molecule has 106 valence electrons. The minimum Gasteiger partial charge on any atom is -0.493 e. The van der Waals surface area contributed by atoms with Gasteiger partial charge in [-0.05, 0) is 37.1 Å². The number of nitrogens with one attached hydrogen (secondary N) is 1. The lowest BCUT2D eigenvalue weighted by Gasteiger charge is -2.13. The van der Waals surface area contributed by atoms with Crippen LogP contribution in [0.4, 0.5) is 0 Å². The van der Waals surface area contributed by atoms with Crippen LogP contribution in [0.5, 0.6) is 5.75 Å². The Morgan fingerprint density at radius 1 is 1.45 bits per heavy atom. The summed E-state index contributed by atoms with van der Waals surface area (Å²) < 4.78 is 7.33. The van der Waals surface area contributed by atoms with E-state index >= 15 is 0 Å². The third-order valence-corrected chi connectivity index (χ3v) is 3.75. The molecule has 0 bridgehead atoms. The molecule has 20 heavy (non-hydrogen) atoms. The highest BCUT2D eigenvalue weighted by molar-refractivity contribution is 5.39. The topological polar surface area (TPSA) is 52.0 Å². The summed E-state index contributed by atoms with van der Waals surface area (Å²) in [6.45, 7) is 3.86. The molecule has 1 aliphatic heterocycles. The lowest BCUT2D eigenvalue weighted by Crippen LogP contribution is -2.24. The van der Waals surface area contributed by atoms with Crippen LogP contribution < -0.4 is 10.1 Å². The van der Waals surface area contributed by atoms with Gasteiger partial charge in [0.15, 0.2) is 0 Å². The number of aryl methyl sites for hydroxylation is 1. The maximum Gasteiger partial charge on any atom is 0.143 e. The van der Waals surface area contributed by atoms with Crippen LogP contribution >= 0.6 is 0 Å². The zero-order chi connectivity index (χ0) is 13.9. The molecule has 0 saturated carbocycles. The first-order valence-corrected chi connectivity index (χ1v) is 7.06. The molecule has 0 aliphatic carbocycles. The second-order valence-electron chi connectivity index (χ2n) is 5.21. The van der Waals surface area contributed by atoms with Gasteiger partial charge >= 0.3 is 0 Å². The Morgan fingerprint density at radius 2 is 2.35 bits per heavy atom. The van der Waals surface area contributed by atoms with Crippen molar-refractivity contribution in [1.29, 1.82) is 0 Å². The highest BCUT2D eigenvalue weighted by Crippen LogP contribution is 2.25. The summed E-state index contributed by atoms with van der Waals surface area (Å²) >= 11 is 0. The molecule has 0 amide bonds. The number of nitrogens with zero attached hydrogens (tertiary/aromatic N) is 3. The number of hydrogen-bond donors (Lipinski definition) is 1. The number of benzene rings is 1. The lowest BCUT2D eigenvalue weighted by molar-refractivity contribution is 0.357. The van der Waals surface area contributed by atoms with E-state index in [-0.39, 0.29) is 6.04 Å². The molecular formula is C15H20N4O. The largest absolute Gasteiger partial charge is 0.493 e. The van der Waals surface area contributed by atoms with Crippen molar-refractivity contribution in [2.45, 2.75) is 25.8 Å². The molecule has 0 saturated heterocycles. The van der Waals surface area contributed by atoms with Crippen molar-refractivity contribution in [3.05, 3.63) is 41.5 Å². The van der Waals surface area contributed by atoms with Crippen LogP contribution in [0, 0.1) is 0 Å². The highest BCUT2D eigenvalue weighted by atomic mass is 16.5. The van der Waals surface area contributed by atoms with Crippen LogP contribution in [-0.2, 0) is 19.9 Å². The van der Waals surface area contributed by atoms with E-state index in [1.165, 1.54) is 11.1 Å². The van der Waals surface area contributed by atoms with Gasteiger partial charge in [0, 0.05) is 13.5 Å². The van der Waals surface area contributed by atoms with Gasteiger partial charge < -0.3 is 10.1 Å². The molecule has 0 spiro atoms. The van der Waals surface area contributed by atoms with Crippen LogP contribution in [0.2, 0.25) is 0 Å². The third-order valence-electron chi connectivity index (χ3n) is 3.75. The van der Waals surface area contributed by atoms with Gasteiger partial charge in [-0.2, -0.15) is 5.10 Å². The van der Waals surface area contributed by atoms with Crippen molar-refractivity contribution >= 4 is 0 Å². The molecule has 2 heterocycles. The summed E-state index contributed by atoms with van der Waals surface area (Å²) in [5, 5.41) is 7.58. The van der Waals surface area contributed by atoms with Crippen LogP contribution in [0.25, 0.3) is 0 Å². The molecular weight excluding hydrogens is 252 g/mol. The number of ether oxygens (including phenoxy) is 1. The Labute approximate surface area is 119 Å². The fraction of sp³-hybridized carbons (Fsp3) is 0.467. The van der Waals surface area contributed by atoms with Gasteiger partial charge in [0.1, 0.15) is 17.9 Å². The van der Waals surface area contributed by atoms with Gasteiger partial charge in [-0.1, -0.05) is 12.1 Å². The fourth-order valence-corrected chi connectivity index (χ4v) is 2.62. The molecule has 0 fully saturated rings. The molecule has 5 heteroatoms. The van der Waals surface area contributed by atoms with Crippen molar-refractivity contribution in [2.24, 2.45) is 7.05 Å². The van der Waals surface area contributed by atoms with E-state index in [4.69, 9.17) is 4.74 Å². The Balaban J connectivity index is 1.54. The van der Waals surface area contributed by atoms with E-state index in [2.05, 4.69) is 40.5 Å². The van der Waals surface area contributed by atoms with E-state index in [1.807, 2.05) is 11.7 Å². The zero-order valence-corrected chi connectivity index (χ0v) is 12.0. The minimum absolute atomic E-state index is 0.209. The smallest absolute Gasteiger partial charge is 0.143 e. The number of aromatic nitrogens is 3. The summed E-state index contributed by atoms with van der Waals surface area (Å²) in [7, 11) is 1.92. The van der Waals surface area contributed by atoms with Crippen molar-refractivity contribution in [2.75, 3.05) is 13.2 Å². The fourth-order valence-electron chi connectivity index (χ4n) is 2.62. The number of rotatable bonds is 5. The number of hydrogen-bond acceptors (Lipinski definition) is 4. The van der Waals surface area contributed by atoms with Crippen molar-refractivity contribution in [3.63, 3.8) is 0 Å². The minimum atomic E-state index is 0.209. The second-order valence-corrected chi connectivity index (χ2v) is 5.21. The molecule has 1 atom stereocenters. The number of fused-ring (bicyclic) bond motifs is 1. The van der Waals surface area contributed by atoms with Gasteiger partial charge in [0.2, 0.25) is 0 Å². The van der Waals surface area contributed by atoms with Gasteiger partial charge in [0.05, 0.1) is 12.6 Å². The Morgan fingerprint density at radius 3 is 3.15 bits per heavy atom. The van der Waals surface area contributed by atoms with E-state index < -0.39 is 0 Å². The first-order chi connectivity index (χ1) is 9.74. The second kappa shape index (κ2) is 5.63. The van der Waals surface area contributed by atoms with Crippen molar-refractivity contribution in [3.8, 4) is 5.75 Å². The quantitative estimate of drug-likeness (QED) is 0.899. The van der Waals surface area contributed by atoms with Crippen LogP contribution in [0.15, 0.2) is 24.5 Å². The van der Waals surface area contributed by atoms with E-state index in [1.54, 1.807) is 6.33 Å². The molecule has 1 N–H and O–H groups in total. The van der Waals surface area contributed by atoms with Crippen molar-refractivity contribution in [1.82, 2.24) is 20.1 Å². The first kappa shape index (κ1) is 13.1. The SMILES string of the molecule is CC(NCCc1ccc2c(c1)CCO2)c1ncnn1C. The molecule has 3 rings (SSSR count). The summed E-state index contributed by atoms with van der Waals surface area (Å²) in [6.07, 6.45) is 3.63. The van der Waals surface area contributed by atoms with Gasteiger partial charge in [0.25, 0.3) is 0 Å². The predicted octanol–water partition coefficient (Wildman–Crippen LogP) is 1.64. The van der Waals surface area contributed by atoms with E-state index in [9.17, 15) is 0 Å². The van der Waals surface area contributed by atoms with Gasteiger partial charge in [-0.15, -0.1) is 0 Å². The lowest BCUT2D eigenvalue weighted by atomic mass is 10.1. The van der Waals surface area contributed by atoms with E-state index in [0.717, 1.165) is 37.6 Å². The summed E-state index contributed by atoms with van der Waals surface area (Å²) in [4.78, 5) is 4.26. The first-order valence-electron chi connectivity index (χ1n) is 7.06. The van der Waals surface area contributed by atoms with Gasteiger partial charge in [-0.3, -0.25) is 4.68 Å². The maximum absolute atomic E-state index is 5.52. The molecule has 1 unspecified atom stereocenters. The van der Waals surface area contributed by atoms with Crippen LogP contribution in [0.1, 0.15) is 29.9 Å². The Hall–Kier alpha value is -1.88. The van der Waals surface area contributed by atoms with E-state index in [0.29, 0.717) is 0 Å². The summed E-state index contributed by atoms with van der Waals surface area (Å²) in [5.74, 6) is 2.02. The molecule has 1 aromatic heterocycles. The van der Waals surface area contributed by atoms with Gasteiger partial charge in [-0.25, -0.2) is 4.98 Å². The third kappa shape index (κ3) is 2.67. The normalized spacial score (nSPS) is 14.9. The molecule has 1 aromatic carbocycles. The van der Waals surface area contributed by atoms with Crippen LogP contribution in [-0.4, -0.2) is 27.9 Å². The van der Waals surface area contributed by atoms with Crippen LogP contribution in [0.3, 0.4) is 0 Å². The molecule has 2 aromatic rings. The zero-order valence-electron chi connectivity index (χ0n) is 12.0. The predicted molar refractivity (Wildman–Crippen MR) is 76.8 cm³/mol. The molecule has 0 radical (unpaired) electrons. The van der Waals surface area contributed by atoms with Crippen molar-refractivity contribution < 1.29 is 4.74 Å². The summed E-state index contributed by atoms with van der Waals surface area (Å²) in [6, 6.07) is 6.71.